The van der Waals surface area contributed by atoms with Crippen LogP contribution in [0.2, 0.25) is 0 Å². The summed E-state index contributed by atoms with van der Waals surface area (Å²) < 4.78 is 5.37. The fraction of sp³-hybridized carbons (Fsp3) is 0.235. The number of morpholine rings is 1. The standard InChI is InChI=1S/C17H17N5O2/c23-17(20-13-4-3-12-11-19-21-15(12)10-13)14-2-1-5-18-16(14)22-6-8-24-9-7-22/h1-5,10-11H,6-9H2,(H,19,21)(H,20,23). The first-order valence-corrected chi connectivity index (χ1v) is 7.83. The molecule has 3 heterocycles. The summed E-state index contributed by atoms with van der Waals surface area (Å²) in [5.41, 5.74) is 2.16. The van der Waals surface area contributed by atoms with Gasteiger partial charge in [-0.2, -0.15) is 5.10 Å². The molecule has 7 nitrogen and oxygen atoms in total. The molecule has 1 fully saturated rings. The lowest BCUT2D eigenvalue weighted by molar-refractivity contribution is 0.102. The maximum absolute atomic E-state index is 12.7. The Kier molecular flexibility index (Phi) is 3.84. The van der Waals surface area contributed by atoms with Crippen LogP contribution in [0.4, 0.5) is 11.5 Å². The van der Waals surface area contributed by atoms with Crippen molar-refractivity contribution in [3.63, 3.8) is 0 Å². The predicted molar refractivity (Wildman–Crippen MR) is 91.3 cm³/mol. The summed E-state index contributed by atoms with van der Waals surface area (Å²) >= 11 is 0. The SMILES string of the molecule is O=C(Nc1ccc2cn[nH]c2c1)c1cccnc1N1CCOCC1. The second-order valence-electron chi connectivity index (χ2n) is 5.60. The Labute approximate surface area is 138 Å². The first-order valence-electron chi connectivity index (χ1n) is 7.83. The van der Waals surface area contributed by atoms with Gasteiger partial charge in [-0.05, 0) is 30.3 Å². The lowest BCUT2D eigenvalue weighted by Gasteiger charge is -2.29. The van der Waals surface area contributed by atoms with Crippen LogP contribution in [-0.2, 0) is 4.74 Å². The van der Waals surface area contributed by atoms with Gasteiger partial charge in [-0.3, -0.25) is 9.89 Å². The average molecular weight is 323 g/mol. The minimum atomic E-state index is -0.177. The molecule has 2 aromatic heterocycles. The van der Waals surface area contributed by atoms with E-state index in [0.29, 0.717) is 30.3 Å². The molecule has 24 heavy (non-hydrogen) atoms. The summed E-state index contributed by atoms with van der Waals surface area (Å²) in [4.78, 5) is 19.2. The van der Waals surface area contributed by atoms with Crippen molar-refractivity contribution >= 4 is 28.3 Å². The summed E-state index contributed by atoms with van der Waals surface area (Å²) in [7, 11) is 0. The molecule has 0 spiro atoms. The van der Waals surface area contributed by atoms with Gasteiger partial charge in [0, 0.05) is 30.4 Å². The quantitative estimate of drug-likeness (QED) is 0.771. The molecule has 7 heteroatoms. The summed E-state index contributed by atoms with van der Waals surface area (Å²) in [6, 6.07) is 9.21. The van der Waals surface area contributed by atoms with Crippen LogP contribution in [0.15, 0.2) is 42.7 Å². The molecule has 0 saturated carbocycles. The van der Waals surface area contributed by atoms with Crippen LogP contribution in [-0.4, -0.2) is 47.4 Å². The summed E-state index contributed by atoms with van der Waals surface area (Å²) in [5, 5.41) is 10.8. The number of ether oxygens (including phenoxy) is 1. The number of benzene rings is 1. The van der Waals surface area contributed by atoms with Crippen molar-refractivity contribution in [3.8, 4) is 0 Å². The summed E-state index contributed by atoms with van der Waals surface area (Å²) in [5.74, 6) is 0.518. The number of hydrogen-bond donors (Lipinski definition) is 2. The fourth-order valence-corrected chi connectivity index (χ4v) is 2.81. The number of aromatic nitrogens is 3. The molecule has 1 saturated heterocycles. The largest absolute Gasteiger partial charge is 0.378 e. The number of carbonyl (C=O) groups is 1. The van der Waals surface area contributed by atoms with Gasteiger partial charge < -0.3 is 15.0 Å². The summed E-state index contributed by atoms with van der Waals surface area (Å²) in [6.07, 6.45) is 3.46. The van der Waals surface area contributed by atoms with E-state index in [0.717, 1.165) is 24.0 Å². The van der Waals surface area contributed by atoms with Gasteiger partial charge in [0.1, 0.15) is 5.82 Å². The topological polar surface area (TPSA) is 83.1 Å². The molecule has 0 aliphatic carbocycles. The van der Waals surface area contributed by atoms with Gasteiger partial charge in [-0.1, -0.05) is 0 Å². The van der Waals surface area contributed by atoms with Gasteiger partial charge in [0.25, 0.3) is 5.91 Å². The van der Waals surface area contributed by atoms with Gasteiger partial charge in [-0.25, -0.2) is 4.98 Å². The number of amides is 1. The van der Waals surface area contributed by atoms with E-state index in [1.54, 1.807) is 24.5 Å². The van der Waals surface area contributed by atoms with Gasteiger partial charge in [0.05, 0.1) is 30.5 Å². The molecule has 122 valence electrons. The van der Waals surface area contributed by atoms with E-state index in [1.165, 1.54) is 0 Å². The molecule has 0 unspecified atom stereocenters. The Morgan fingerprint density at radius 2 is 2.12 bits per heavy atom. The molecule has 4 rings (SSSR count). The Balaban J connectivity index is 1.59. The van der Waals surface area contributed by atoms with E-state index in [1.807, 2.05) is 18.2 Å². The number of fused-ring (bicyclic) bond motifs is 1. The second kappa shape index (κ2) is 6.29. The van der Waals surface area contributed by atoms with E-state index in [9.17, 15) is 4.79 Å². The molecule has 0 atom stereocenters. The van der Waals surface area contributed by atoms with Crippen molar-refractivity contribution in [1.29, 1.82) is 0 Å². The van der Waals surface area contributed by atoms with Crippen LogP contribution >= 0.6 is 0 Å². The molecule has 2 N–H and O–H groups in total. The maximum Gasteiger partial charge on any atom is 0.259 e. The Hall–Kier alpha value is -2.93. The highest BCUT2D eigenvalue weighted by Crippen LogP contribution is 2.21. The van der Waals surface area contributed by atoms with Crippen molar-refractivity contribution < 1.29 is 9.53 Å². The Bertz CT molecular complexity index is 870. The van der Waals surface area contributed by atoms with Crippen LogP contribution < -0.4 is 10.2 Å². The zero-order valence-corrected chi connectivity index (χ0v) is 13.0. The average Bonchev–Trinajstić information content (AvgIpc) is 3.10. The molecule has 0 radical (unpaired) electrons. The normalized spacial score (nSPS) is 14.8. The van der Waals surface area contributed by atoms with E-state index in [2.05, 4.69) is 25.4 Å². The van der Waals surface area contributed by atoms with Crippen LogP contribution in [0.25, 0.3) is 10.9 Å². The Morgan fingerprint density at radius 1 is 1.25 bits per heavy atom. The highest BCUT2D eigenvalue weighted by Gasteiger charge is 2.20. The number of H-pyrrole nitrogens is 1. The number of hydrogen-bond acceptors (Lipinski definition) is 5. The molecule has 1 aromatic carbocycles. The maximum atomic E-state index is 12.7. The molecule has 1 aliphatic rings. The molecule has 1 amide bonds. The third-order valence-corrected chi connectivity index (χ3v) is 4.04. The lowest BCUT2D eigenvalue weighted by atomic mass is 10.2. The first-order chi connectivity index (χ1) is 11.8. The number of carbonyl (C=O) groups excluding carboxylic acids is 1. The minimum Gasteiger partial charge on any atom is -0.378 e. The molecule has 3 aromatic rings. The zero-order valence-electron chi connectivity index (χ0n) is 13.0. The van der Waals surface area contributed by atoms with Crippen LogP contribution in [0.1, 0.15) is 10.4 Å². The van der Waals surface area contributed by atoms with Crippen molar-refractivity contribution in [1.82, 2.24) is 15.2 Å². The highest BCUT2D eigenvalue weighted by atomic mass is 16.5. The Morgan fingerprint density at radius 3 is 3.00 bits per heavy atom. The van der Waals surface area contributed by atoms with Crippen LogP contribution in [0.3, 0.4) is 0 Å². The first kappa shape index (κ1) is 14.6. The number of nitrogens with zero attached hydrogens (tertiary/aromatic N) is 3. The zero-order chi connectivity index (χ0) is 16.4. The van der Waals surface area contributed by atoms with Gasteiger partial charge in [0.15, 0.2) is 0 Å². The van der Waals surface area contributed by atoms with Crippen molar-refractivity contribution in [2.24, 2.45) is 0 Å². The number of pyridine rings is 1. The van der Waals surface area contributed by atoms with E-state index in [4.69, 9.17) is 4.74 Å². The predicted octanol–water partition coefficient (Wildman–Crippen LogP) is 2.05. The van der Waals surface area contributed by atoms with Crippen molar-refractivity contribution in [2.45, 2.75) is 0 Å². The van der Waals surface area contributed by atoms with Crippen molar-refractivity contribution in [3.05, 3.63) is 48.3 Å². The second-order valence-corrected chi connectivity index (χ2v) is 5.60. The molecular formula is C17H17N5O2. The summed E-state index contributed by atoms with van der Waals surface area (Å²) in [6.45, 7) is 2.76. The monoisotopic (exact) mass is 323 g/mol. The van der Waals surface area contributed by atoms with Gasteiger partial charge in [-0.15, -0.1) is 0 Å². The van der Waals surface area contributed by atoms with E-state index >= 15 is 0 Å². The third kappa shape index (κ3) is 2.81. The number of aromatic amines is 1. The smallest absolute Gasteiger partial charge is 0.259 e. The molecular weight excluding hydrogens is 306 g/mol. The number of anilines is 2. The van der Waals surface area contributed by atoms with E-state index < -0.39 is 0 Å². The fourth-order valence-electron chi connectivity index (χ4n) is 2.81. The molecule has 0 bridgehead atoms. The van der Waals surface area contributed by atoms with Gasteiger partial charge >= 0.3 is 0 Å². The highest BCUT2D eigenvalue weighted by molar-refractivity contribution is 6.08. The minimum absolute atomic E-state index is 0.177. The number of rotatable bonds is 3. The van der Waals surface area contributed by atoms with Crippen LogP contribution in [0, 0.1) is 0 Å². The molecule has 1 aliphatic heterocycles. The van der Waals surface area contributed by atoms with Gasteiger partial charge in [0.2, 0.25) is 0 Å². The van der Waals surface area contributed by atoms with Crippen molar-refractivity contribution in [2.75, 3.05) is 36.5 Å². The number of nitrogens with one attached hydrogen (secondary N) is 2. The lowest BCUT2D eigenvalue weighted by Crippen LogP contribution is -2.38. The third-order valence-electron chi connectivity index (χ3n) is 4.04. The van der Waals surface area contributed by atoms with E-state index in [-0.39, 0.29) is 5.91 Å². The van der Waals surface area contributed by atoms with Crippen LogP contribution in [0.5, 0.6) is 0 Å².